The van der Waals surface area contributed by atoms with Gasteiger partial charge in [-0.1, -0.05) is 15.9 Å². The molecule has 1 aliphatic heterocycles. The molecule has 2 N–H and O–H groups in total. The first-order chi connectivity index (χ1) is 8.25. The summed E-state index contributed by atoms with van der Waals surface area (Å²) in [6.07, 6.45) is 3.08. The third-order valence-electron chi connectivity index (χ3n) is 3.17. The van der Waals surface area contributed by atoms with Crippen LogP contribution in [0.4, 0.5) is 4.39 Å². The second-order valence-electron chi connectivity index (χ2n) is 4.46. The Hall–Kier alpha value is -0.450. The molecule has 0 bridgehead atoms. The zero-order valence-electron chi connectivity index (χ0n) is 9.81. The molecular weight excluding hydrogens is 283 g/mol. The Kier molecular flexibility index (Phi) is 4.95. The molecule has 0 atom stereocenters. The second kappa shape index (κ2) is 6.47. The molecule has 2 nitrogen and oxygen atoms in total. The lowest BCUT2D eigenvalue weighted by Crippen LogP contribution is -2.40. The number of benzene rings is 1. The molecule has 94 valence electrons. The molecule has 1 aliphatic rings. The molecule has 0 unspecified atom stereocenters. The van der Waals surface area contributed by atoms with Crippen LogP contribution in [0.5, 0.6) is 0 Å². The van der Waals surface area contributed by atoms with Gasteiger partial charge < -0.3 is 10.6 Å². The van der Waals surface area contributed by atoms with Crippen LogP contribution in [-0.4, -0.2) is 25.7 Å². The summed E-state index contributed by atoms with van der Waals surface area (Å²) in [7, 11) is 0. The van der Waals surface area contributed by atoms with Crippen LogP contribution in [0, 0.1) is 5.82 Å². The van der Waals surface area contributed by atoms with Crippen LogP contribution in [-0.2, 0) is 6.42 Å². The Morgan fingerprint density at radius 2 is 2.12 bits per heavy atom. The van der Waals surface area contributed by atoms with Crippen molar-refractivity contribution in [2.24, 2.45) is 0 Å². The van der Waals surface area contributed by atoms with Gasteiger partial charge in [0.2, 0.25) is 0 Å². The number of nitrogens with one attached hydrogen (secondary N) is 2. The number of rotatable bonds is 4. The van der Waals surface area contributed by atoms with Crippen molar-refractivity contribution in [1.29, 1.82) is 0 Å². The van der Waals surface area contributed by atoms with Gasteiger partial charge in [-0.25, -0.2) is 4.39 Å². The van der Waals surface area contributed by atoms with E-state index in [1.54, 1.807) is 6.07 Å². The summed E-state index contributed by atoms with van der Waals surface area (Å²) in [4.78, 5) is 0. The summed E-state index contributed by atoms with van der Waals surface area (Å²) in [6.45, 7) is 3.02. The highest BCUT2D eigenvalue weighted by Gasteiger charge is 2.11. The first-order valence-corrected chi connectivity index (χ1v) is 6.93. The minimum Gasteiger partial charge on any atom is -0.317 e. The van der Waals surface area contributed by atoms with Crippen LogP contribution in [0.15, 0.2) is 22.7 Å². The van der Waals surface area contributed by atoms with Gasteiger partial charge in [0, 0.05) is 10.5 Å². The Balaban J connectivity index is 1.79. The first kappa shape index (κ1) is 13.0. The van der Waals surface area contributed by atoms with Crippen LogP contribution in [0.1, 0.15) is 18.4 Å². The van der Waals surface area contributed by atoms with Crippen LogP contribution in [0.25, 0.3) is 0 Å². The normalized spacial score (nSPS) is 17.3. The molecule has 0 amide bonds. The summed E-state index contributed by atoms with van der Waals surface area (Å²) in [5, 5.41) is 6.83. The monoisotopic (exact) mass is 300 g/mol. The SMILES string of the molecule is Fc1ccc(Br)cc1CCNC1CCNCC1. The first-order valence-electron chi connectivity index (χ1n) is 6.14. The molecule has 1 fully saturated rings. The Labute approximate surface area is 110 Å². The van der Waals surface area contributed by atoms with E-state index in [0.29, 0.717) is 6.04 Å². The van der Waals surface area contributed by atoms with Gasteiger partial charge >= 0.3 is 0 Å². The molecule has 0 aliphatic carbocycles. The molecule has 1 aromatic rings. The standard InChI is InChI=1S/C13H18BrFN2/c14-11-1-2-13(15)10(9-11)3-8-17-12-4-6-16-7-5-12/h1-2,9,12,16-17H,3-8H2. The predicted octanol–water partition coefficient (Wildman–Crippen LogP) is 2.47. The summed E-state index contributed by atoms with van der Waals surface area (Å²) in [5.74, 6) is -0.111. The molecule has 0 aromatic heterocycles. The highest BCUT2D eigenvalue weighted by atomic mass is 79.9. The van der Waals surface area contributed by atoms with Crippen molar-refractivity contribution in [3.8, 4) is 0 Å². The maximum Gasteiger partial charge on any atom is 0.126 e. The minimum absolute atomic E-state index is 0.111. The number of halogens is 2. The fraction of sp³-hybridized carbons (Fsp3) is 0.538. The second-order valence-corrected chi connectivity index (χ2v) is 5.38. The summed E-state index contributed by atoms with van der Waals surface area (Å²) in [6, 6.07) is 5.70. The van der Waals surface area contributed by atoms with Gasteiger partial charge in [0.15, 0.2) is 0 Å². The number of piperidine rings is 1. The van der Waals surface area contributed by atoms with E-state index in [1.165, 1.54) is 18.9 Å². The average Bonchev–Trinajstić information content (AvgIpc) is 2.35. The molecule has 1 aromatic carbocycles. The highest BCUT2D eigenvalue weighted by Crippen LogP contribution is 2.15. The molecule has 0 radical (unpaired) electrons. The van der Waals surface area contributed by atoms with Crippen molar-refractivity contribution in [2.75, 3.05) is 19.6 Å². The van der Waals surface area contributed by atoms with Gasteiger partial charge in [0.25, 0.3) is 0 Å². The van der Waals surface area contributed by atoms with Gasteiger partial charge in [-0.05, 0) is 62.7 Å². The Morgan fingerprint density at radius 3 is 2.88 bits per heavy atom. The molecule has 4 heteroatoms. The van der Waals surface area contributed by atoms with E-state index in [0.717, 1.165) is 36.1 Å². The van der Waals surface area contributed by atoms with Crippen molar-refractivity contribution < 1.29 is 4.39 Å². The van der Waals surface area contributed by atoms with Crippen molar-refractivity contribution >= 4 is 15.9 Å². The molecule has 2 rings (SSSR count). The molecule has 1 saturated heterocycles. The molecule has 1 heterocycles. The van der Waals surface area contributed by atoms with Crippen molar-refractivity contribution in [2.45, 2.75) is 25.3 Å². The zero-order chi connectivity index (χ0) is 12.1. The third-order valence-corrected chi connectivity index (χ3v) is 3.67. The van der Waals surface area contributed by atoms with Crippen LogP contribution < -0.4 is 10.6 Å². The van der Waals surface area contributed by atoms with E-state index in [2.05, 4.69) is 26.6 Å². The summed E-state index contributed by atoms with van der Waals surface area (Å²) < 4.78 is 14.4. The van der Waals surface area contributed by atoms with Gasteiger partial charge in [-0.3, -0.25) is 0 Å². The summed E-state index contributed by atoms with van der Waals surface area (Å²) >= 11 is 3.37. The quantitative estimate of drug-likeness (QED) is 0.893. The van der Waals surface area contributed by atoms with E-state index in [4.69, 9.17) is 0 Å². The smallest absolute Gasteiger partial charge is 0.126 e. The maximum atomic E-state index is 13.5. The molecule has 0 saturated carbocycles. The van der Waals surface area contributed by atoms with E-state index in [9.17, 15) is 4.39 Å². The van der Waals surface area contributed by atoms with Crippen molar-refractivity contribution in [3.05, 3.63) is 34.1 Å². The maximum absolute atomic E-state index is 13.5. The van der Waals surface area contributed by atoms with Gasteiger partial charge in [-0.15, -0.1) is 0 Å². The van der Waals surface area contributed by atoms with E-state index in [-0.39, 0.29) is 5.82 Å². The van der Waals surface area contributed by atoms with E-state index in [1.807, 2.05) is 6.07 Å². The zero-order valence-corrected chi connectivity index (χ0v) is 11.4. The fourth-order valence-electron chi connectivity index (χ4n) is 2.17. The fourth-order valence-corrected chi connectivity index (χ4v) is 2.58. The van der Waals surface area contributed by atoms with Gasteiger partial charge in [-0.2, -0.15) is 0 Å². The Morgan fingerprint density at radius 1 is 1.35 bits per heavy atom. The lowest BCUT2D eigenvalue weighted by molar-refractivity contribution is 0.389. The third kappa shape index (κ3) is 4.05. The van der Waals surface area contributed by atoms with Crippen molar-refractivity contribution in [3.63, 3.8) is 0 Å². The average molecular weight is 301 g/mol. The summed E-state index contributed by atoms with van der Waals surface area (Å²) in [5.41, 5.74) is 0.779. The number of hydrogen-bond acceptors (Lipinski definition) is 2. The van der Waals surface area contributed by atoms with Gasteiger partial charge in [0.1, 0.15) is 5.82 Å². The molecule has 0 spiro atoms. The van der Waals surface area contributed by atoms with Gasteiger partial charge in [0.05, 0.1) is 0 Å². The van der Waals surface area contributed by atoms with Crippen LogP contribution in [0.2, 0.25) is 0 Å². The molecule has 17 heavy (non-hydrogen) atoms. The van der Waals surface area contributed by atoms with Crippen LogP contribution >= 0.6 is 15.9 Å². The lowest BCUT2D eigenvalue weighted by atomic mass is 10.1. The Bertz CT molecular complexity index is 364. The minimum atomic E-state index is -0.111. The molecular formula is C13H18BrFN2. The number of hydrogen-bond donors (Lipinski definition) is 2. The highest BCUT2D eigenvalue weighted by molar-refractivity contribution is 9.10. The largest absolute Gasteiger partial charge is 0.317 e. The van der Waals surface area contributed by atoms with E-state index < -0.39 is 0 Å². The van der Waals surface area contributed by atoms with Crippen molar-refractivity contribution in [1.82, 2.24) is 10.6 Å². The van der Waals surface area contributed by atoms with Crippen LogP contribution in [0.3, 0.4) is 0 Å². The van der Waals surface area contributed by atoms with E-state index >= 15 is 0 Å². The lowest BCUT2D eigenvalue weighted by Gasteiger charge is -2.23. The predicted molar refractivity (Wildman–Crippen MR) is 71.7 cm³/mol. The topological polar surface area (TPSA) is 24.1 Å².